The molecule has 0 saturated carbocycles. The highest BCUT2D eigenvalue weighted by Crippen LogP contribution is 2.53. The van der Waals surface area contributed by atoms with E-state index in [1.807, 2.05) is 0 Å². The van der Waals surface area contributed by atoms with Crippen LogP contribution in [0.4, 0.5) is 15.3 Å². The third kappa shape index (κ3) is 7.83. The fourth-order valence-electron chi connectivity index (χ4n) is 8.27. The van der Waals surface area contributed by atoms with Gasteiger partial charge in [0.15, 0.2) is 17.9 Å². The summed E-state index contributed by atoms with van der Waals surface area (Å²) in [7, 11) is 1.32. The van der Waals surface area contributed by atoms with Gasteiger partial charge in [-0.3, -0.25) is 24.6 Å². The highest BCUT2D eigenvalue weighted by atomic mass is 16.7. The lowest BCUT2D eigenvalue weighted by atomic mass is 9.72. The van der Waals surface area contributed by atoms with Crippen molar-refractivity contribution in [3.8, 4) is 17.2 Å². The maximum Gasteiger partial charge on any atom is 0.412 e. The molecule has 0 radical (unpaired) electrons. The number of hydrogen-bond donors (Lipinski definition) is 5. The van der Waals surface area contributed by atoms with Crippen molar-refractivity contribution in [2.45, 2.75) is 95.2 Å². The van der Waals surface area contributed by atoms with Crippen molar-refractivity contribution in [1.82, 2.24) is 4.90 Å². The van der Waals surface area contributed by atoms with E-state index < -0.39 is 108 Å². The van der Waals surface area contributed by atoms with Crippen molar-refractivity contribution in [2.75, 3.05) is 32.4 Å². The van der Waals surface area contributed by atoms with E-state index in [2.05, 4.69) is 12.2 Å². The largest absolute Gasteiger partial charge is 0.507 e. The number of carbonyl (C=O) groups is 5. The number of nitrogens with one attached hydrogen (secondary N) is 1. The Morgan fingerprint density at radius 1 is 0.983 bits per heavy atom. The molecule has 5 N–H and O–H groups in total. The molecule has 2 aliphatic heterocycles. The average Bonchev–Trinajstić information content (AvgIpc) is 3.66. The molecule has 3 aromatic rings. The van der Waals surface area contributed by atoms with E-state index in [0.29, 0.717) is 17.9 Å². The van der Waals surface area contributed by atoms with E-state index in [1.54, 1.807) is 31.2 Å². The SMILES string of the molecule is CCCCCOC(=O)Nc1ccc(COC(=O)N2COC3C(C)OC(OC4CC(O)(C(=O)CO)Cc5c(O)c6c(c(O)c54)C(=O)c4c(OC)cccc4C6=O)CC32)cc1. The number of unbranched alkanes of at least 4 members (excludes halogenated alkanes) is 2. The number of ketones is 3. The lowest BCUT2D eigenvalue weighted by molar-refractivity contribution is -0.246. The number of carbonyl (C=O) groups excluding carboxylic acids is 5. The van der Waals surface area contributed by atoms with Crippen LogP contribution >= 0.6 is 0 Å². The second kappa shape index (κ2) is 16.9. The minimum absolute atomic E-state index is 0.00307. The second-order valence-electron chi connectivity index (χ2n) is 15.0. The molecule has 3 aromatic carbocycles. The quantitative estimate of drug-likeness (QED) is 0.0983. The zero-order valence-corrected chi connectivity index (χ0v) is 32.7. The number of methoxy groups -OCH3 is 1. The summed E-state index contributed by atoms with van der Waals surface area (Å²) in [6.07, 6.45) is -3.52. The molecule has 2 fully saturated rings. The maximum absolute atomic E-state index is 14.0. The molecule has 2 heterocycles. The van der Waals surface area contributed by atoms with Gasteiger partial charge in [-0.05, 0) is 37.1 Å². The molecule has 6 atom stereocenters. The fraction of sp³-hybridized carbons (Fsp3) is 0.452. The zero-order valence-electron chi connectivity index (χ0n) is 32.7. The number of phenolic OH excluding ortho intramolecular Hbond substituents is 2. The molecule has 0 aromatic heterocycles. The molecular weight excluding hydrogens is 772 g/mol. The Hall–Kier alpha value is -5.59. The number of aliphatic hydroxyl groups excluding tert-OH is 1. The highest BCUT2D eigenvalue weighted by molar-refractivity contribution is 6.31. The van der Waals surface area contributed by atoms with E-state index in [0.717, 1.165) is 19.3 Å². The number of anilines is 1. The minimum atomic E-state index is -2.33. The predicted molar refractivity (Wildman–Crippen MR) is 204 cm³/mol. The number of fused-ring (bicyclic) bond motifs is 4. The normalized spacial score (nSPS) is 24.4. The van der Waals surface area contributed by atoms with Gasteiger partial charge in [0.1, 0.15) is 48.9 Å². The van der Waals surface area contributed by atoms with Crippen LogP contribution in [0.3, 0.4) is 0 Å². The number of amides is 2. The van der Waals surface area contributed by atoms with Crippen LogP contribution in [0, 0.1) is 0 Å². The number of phenols is 2. The summed E-state index contributed by atoms with van der Waals surface area (Å²) in [6, 6.07) is 10.4. The second-order valence-corrected chi connectivity index (χ2v) is 15.0. The van der Waals surface area contributed by atoms with Crippen LogP contribution in [-0.2, 0) is 41.5 Å². The van der Waals surface area contributed by atoms with Gasteiger partial charge < -0.3 is 48.8 Å². The molecule has 17 heteroatoms. The van der Waals surface area contributed by atoms with Crippen molar-refractivity contribution in [3.63, 3.8) is 0 Å². The zero-order chi connectivity index (χ0) is 42.2. The Kier molecular flexibility index (Phi) is 11.9. The number of aromatic hydroxyl groups is 2. The van der Waals surface area contributed by atoms with Gasteiger partial charge in [-0.2, -0.15) is 0 Å². The molecule has 59 heavy (non-hydrogen) atoms. The van der Waals surface area contributed by atoms with Crippen molar-refractivity contribution >= 4 is 35.2 Å². The van der Waals surface area contributed by atoms with Gasteiger partial charge in [-0.15, -0.1) is 0 Å². The standard InChI is InChI=1S/C42H46N2O15/c1-4-5-6-14-55-40(51)43-23-12-10-22(11-13-23)19-56-41(52)44-20-57-39-21(2)58-30(15-26(39)44)59-28-17-42(53,29(46)18-45)16-25-32(28)38(50)34-33(36(25)48)35(47)24-8-7-9-27(54-3)31(24)37(34)49/h7-13,21,26,28,30,39,45,48,50,53H,4-6,14-20H2,1-3H3,(H,43,51). The molecule has 6 unspecified atom stereocenters. The molecule has 17 nitrogen and oxygen atoms in total. The Bertz CT molecular complexity index is 2160. The third-order valence-electron chi connectivity index (χ3n) is 11.3. The number of aliphatic hydroxyl groups is 2. The number of ether oxygens (including phenoxy) is 6. The molecule has 2 amide bonds. The maximum atomic E-state index is 14.0. The Labute approximate surface area is 338 Å². The van der Waals surface area contributed by atoms with Gasteiger partial charge in [-0.25, -0.2) is 9.59 Å². The van der Waals surface area contributed by atoms with Crippen LogP contribution in [0.2, 0.25) is 0 Å². The highest BCUT2D eigenvalue weighted by Gasteiger charge is 2.52. The van der Waals surface area contributed by atoms with Crippen LogP contribution in [0.1, 0.15) is 101 Å². The molecule has 314 valence electrons. The lowest BCUT2D eigenvalue weighted by Gasteiger charge is -2.42. The number of benzene rings is 3. The minimum Gasteiger partial charge on any atom is -0.507 e. The summed E-state index contributed by atoms with van der Waals surface area (Å²) >= 11 is 0. The van der Waals surface area contributed by atoms with E-state index in [9.17, 15) is 44.4 Å². The fourth-order valence-corrected chi connectivity index (χ4v) is 8.27. The van der Waals surface area contributed by atoms with Crippen molar-refractivity contribution in [2.24, 2.45) is 0 Å². The number of Topliss-reactive ketones (excluding diaryl/α,β-unsaturated/α-hetero) is 1. The van der Waals surface area contributed by atoms with Crippen molar-refractivity contribution in [3.05, 3.63) is 81.4 Å². The van der Waals surface area contributed by atoms with Crippen molar-refractivity contribution in [1.29, 1.82) is 0 Å². The lowest BCUT2D eigenvalue weighted by Crippen LogP contribution is -2.52. The Balaban J connectivity index is 1.09. The third-order valence-corrected chi connectivity index (χ3v) is 11.3. The van der Waals surface area contributed by atoms with Gasteiger partial charge in [-0.1, -0.05) is 44.0 Å². The van der Waals surface area contributed by atoms with E-state index >= 15 is 0 Å². The van der Waals surface area contributed by atoms with Gasteiger partial charge in [0, 0.05) is 41.6 Å². The molecule has 4 aliphatic rings. The van der Waals surface area contributed by atoms with E-state index in [1.165, 1.54) is 30.2 Å². The first-order valence-corrected chi connectivity index (χ1v) is 19.4. The molecule has 7 rings (SSSR count). The van der Waals surface area contributed by atoms with Crippen LogP contribution < -0.4 is 10.1 Å². The van der Waals surface area contributed by atoms with Crippen molar-refractivity contribution < 1.29 is 72.8 Å². The first-order valence-electron chi connectivity index (χ1n) is 19.4. The Morgan fingerprint density at radius 3 is 2.44 bits per heavy atom. The van der Waals surface area contributed by atoms with Crippen LogP contribution in [0.25, 0.3) is 0 Å². The summed E-state index contributed by atoms with van der Waals surface area (Å²) in [5.41, 5.74) is -2.76. The summed E-state index contributed by atoms with van der Waals surface area (Å²) in [5.74, 6) is -3.97. The van der Waals surface area contributed by atoms with E-state index in [4.69, 9.17) is 28.4 Å². The van der Waals surface area contributed by atoms with Crippen LogP contribution in [0.15, 0.2) is 42.5 Å². The summed E-state index contributed by atoms with van der Waals surface area (Å²) in [6.45, 7) is 2.79. The monoisotopic (exact) mass is 818 g/mol. The van der Waals surface area contributed by atoms with Crippen LogP contribution in [-0.4, -0.2) is 112 Å². The average molecular weight is 819 g/mol. The van der Waals surface area contributed by atoms with E-state index in [-0.39, 0.29) is 47.8 Å². The van der Waals surface area contributed by atoms with Gasteiger partial charge >= 0.3 is 12.2 Å². The molecule has 0 spiro atoms. The predicted octanol–water partition coefficient (Wildman–Crippen LogP) is 4.42. The molecule has 2 aliphatic carbocycles. The van der Waals surface area contributed by atoms with Gasteiger partial charge in [0.05, 0.1) is 48.7 Å². The summed E-state index contributed by atoms with van der Waals surface area (Å²) in [5, 5.41) is 47.6. The molecular formula is C42H46N2O15. The topological polar surface area (TPSA) is 237 Å². The Morgan fingerprint density at radius 2 is 1.73 bits per heavy atom. The molecule has 2 saturated heterocycles. The van der Waals surface area contributed by atoms with Crippen LogP contribution in [0.5, 0.6) is 17.2 Å². The number of nitrogens with zero attached hydrogens (tertiary/aromatic N) is 1. The van der Waals surface area contributed by atoms with Gasteiger partial charge in [0.25, 0.3) is 0 Å². The number of hydrogen-bond acceptors (Lipinski definition) is 15. The summed E-state index contributed by atoms with van der Waals surface area (Å²) < 4.78 is 34.6. The first kappa shape index (κ1) is 41.6. The smallest absolute Gasteiger partial charge is 0.412 e. The number of rotatable bonds is 12. The summed E-state index contributed by atoms with van der Waals surface area (Å²) in [4.78, 5) is 67.7. The van der Waals surface area contributed by atoms with Gasteiger partial charge in [0.2, 0.25) is 5.78 Å². The molecule has 0 bridgehead atoms. The first-order chi connectivity index (χ1) is 28.3.